The zero-order valence-corrected chi connectivity index (χ0v) is 31.8. The molecule has 46 heavy (non-hydrogen) atoms. The second kappa shape index (κ2) is 14.2. The van der Waals surface area contributed by atoms with E-state index in [2.05, 4.69) is 29.7 Å². The number of aromatic nitrogens is 3. The number of likely N-dealkylation sites (tertiary alicyclic amines) is 1. The molecular weight excluding hydrogens is 805 g/mol. The summed E-state index contributed by atoms with van der Waals surface area (Å²) in [6.45, 7) is 7.87. The fourth-order valence-electron chi connectivity index (χ4n) is 5.59. The maximum atomic E-state index is 16.7. The van der Waals surface area contributed by atoms with Gasteiger partial charge in [-0.25, -0.2) is 4.79 Å². The van der Waals surface area contributed by atoms with Gasteiger partial charge in [-0.2, -0.15) is 0 Å². The Morgan fingerprint density at radius 1 is 1.22 bits per heavy atom. The summed E-state index contributed by atoms with van der Waals surface area (Å²) in [5.41, 5.74) is -0.100. The maximum absolute atomic E-state index is 16.7. The van der Waals surface area contributed by atoms with Gasteiger partial charge in [-0.3, -0.25) is 0 Å². The quantitative estimate of drug-likeness (QED) is 0.0701. The number of benzene rings is 2. The van der Waals surface area contributed by atoms with Gasteiger partial charge in [0.15, 0.2) is 0 Å². The number of hydrogen-bond donors (Lipinski definition) is 1. The summed E-state index contributed by atoms with van der Waals surface area (Å²) < 4.78 is 51.1. The van der Waals surface area contributed by atoms with Crippen LogP contribution in [0.4, 0.5) is 19.4 Å². The first-order valence-corrected chi connectivity index (χ1v) is 18.2. The van der Waals surface area contributed by atoms with Crippen molar-refractivity contribution in [3.8, 4) is 26.4 Å². The number of fused-ring (bicyclic) bond motifs is 2. The summed E-state index contributed by atoms with van der Waals surface area (Å²) in [4.78, 5) is 28.5. The number of amides is 1. The van der Waals surface area contributed by atoms with Crippen molar-refractivity contribution >= 4 is 71.1 Å². The number of carbonyl (C=O) groups excluding carboxylic acids is 1. The zero-order chi connectivity index (χ0) is 33.2. The molecule has 238 valence electrons. The van der Waals surface area contributed by atoms with Gasteiger partial charge in [-0.1, -0.05) is 0 Å². The molecule has 1 N–H and O–H groups in total. The molecule has 0 aliphatic carbocycles. The Labute approximate surface area is 286 Å². The van der Waals surface area contributed by atoms with Crippen LogP contribution in [-0.2, 0) is 9.47 Å². The van der Waals surface area contributed by atoms with Crippen molar-refractivity contribution in [2.24, 2.45) is 0 Å². The molecule has 1 aliphatic heterocycles. The van der Waals surface area contributed by atoms with E-state index in [4.69, 9.17) is 14.2 Å². The van der Waals surface area contributed by atoms with Crippen LogP contribution in [-0.4, -0.2) is 96.1 Å². The number of hydrogen-bond acceptors (Lipinski definition) is 9. The topological polar surface area (TPSA) is 98.7 Å². The van der Waals surface area contributed by atoms with E-state index in [1.807, 2.05) is 27.7 Å². The molecule has 2 aromatic carbocycles. The fourth-order valence-corrected chi connectivity index (χ4v) is 6.51. The van der Waals surface area contributed by atoms with Gasteiger partial charge in [-0.15, -0.1) is 0 Å². The predicted molar refractivity (Wildman–Crippen MR) is 176 cm³/mol. The average Bonchev–Trinajstić information content (AvgIpc) is 3.39. The second-order valence-corrected chi connectivity index (χ2v) is 13.8. The summed E-state index contributed by atoms with van der Waals surface area (Å²) in [6.07, 6.45) is 4.56. The third kappa shape index (κ3) is 7.16. The summed E-state index contributed by atoms with van der Waals surface area (Å²) in [5.74, 6) is 2.50. The number of carbonyl (C=O) groups is 1. The molecule has 2 atom stereocenters. The first kappa shape index (κ1) is 34.1. The van der Waals surface area contributed by atoms with Gasteiger partial charge in [0.25, 0.3) is 0 Å². The molecule has 2 unspecified atom stereocenters. The third-order valence-corrected chi connectivity index (χ3v) is 8.69. The number of pyridine rings is 1. The number of nitrogens with zero attached hydrogens (tertiary/aromatic N) is 4. The Morgan fingerprint density at radius 2 is 2.00 bits per heavy atom. The molecule has 1 aliphatic rings. The average molecular weight is 839 g/mol. The molecule has 0 saturated carbocycles. The van der Waals surface area contributed by atoms with Crippen molar-refractivity contribution in [2.75, 3.05) is 32.0 Å². The van der Waals surface area contributed by atoms with Crippen LogP contribution in [0.15, 0.2) is 35.6 Å². The van der Waals surface area contributed by atoms with E-state index in [1.165, 1.54) is 31.1 Å². The SMILES string of the molecule is COCOc1cc(-c2ncc3c(NCC4CCC(C)N4C(=O)OC(C)(C)C)nc(SC)nc3c2F)c2c(C#[C][Tl])c(F)ccc2c1. The van der Waals surface area contributed by atoms with Gasteiger partial charge in [0.2, 0.25) is 0 Å². The molecule has 1 saturated heterocycles. The number of rotatable bonds is 8. The Morgan fingerprint density at radius 3 is 2.70 bits per heavy atom. The molecule has 9 nitrogen and oxygen atoms in total. The van der Waals surface area contributed by atoms with Gasteiger partial charge < -0.3 is 9.64 Å². The van der Waals surface area contributed by atoms with Crippen LogP contribution in [0.2, 0.25) is 0 Å². The van der Waals surface area contributed by atoms with Crippen molar-refractivity contribution in [1.82, 2.24) is 19.9 Å². The van der Waals surface area contributed by atoms with Crippen LogP contribution in [0.5, 0.6) is 5.75 Å². The van der Waals surface area contributed by atoms with Crippen LogP contribution in [0.25, 0.3) is 32.9 Å². The van der Waals surface area contributed by atoms with E-state index < -0.39 is 17.2 Å². The number of halogens is 2. The zero-order valence-electron chi connectivity index (χ0n) is 26.5. The van der Waals surface area contributed by atoms with Crippen LogP contribution in [0, 0.1) is 21.0 Å². The second-order valence-electron chi connectivity index (χ2n) is 11.9. The molecule has 3 heterocycles. The Balaban J connectivity index is 1.59. The molecule has 5 rings (SSSR count). The van der Waals surface area contributed by atoms with Crippen LogP contribution >= 0.6 is 11.8 Å². The minimum atomic E-state index is -0.691. The molecule has 0 bridgehead atoms. The summed E-state index contributed by atoms with van der Waals surface area (Å²) in [6, 6.07) is 6.15. The van der Waals surface area contributed by atoms with Crippen LogP contribution in [0.3, 0.4) is 0 Å². The Bertz CT molecular complexity index is 1860. The van der Waals surface area contributed by atoms with Crippen molar-refractivity contribution < 1.29 is 27.8 Å². The van der Waals surface area contributed by atoms with Gasteiger partial charge in [-0.05, 0) is 40.5 Å². The van der Waals surface area contributed by atoms with Gasteiger partial charge >= 0.3 is 216 Å². The Hall–Kier alpha value is -3.29. The van der Waals surface area contributed by atoms with Crippen LogP contribution in [0.1, 0.15) is 46.1 Å². The summed E-state index contributed by atoms with van der Waals surface area (Å²) in [7, 11) is 1.50. The predicted octanol–water partition coefficient (Wildman–Crippen LogP) is 6.51. The van der Waals surface area contributed by atoms with E-state index in [-0.39, 0.29) is 41.7 Å². The minimum absolute atomic E-state index is 0.0145. The summed E-state index contributed by atoms with van der Waals surface area (Å²) in [5, 5.41) is 5.11. The standard InChI is InChI=1S/C33H34F2N5O4S.Tl/c1-8-22-25(34)12-10-19-13-21(43-17-42-6)14-23(26(19)22)28-27(35)29-24(16-36-28)30(39-31(38-29)45-7)37-15-20-11-9-18(2)40(20)32(41)44-33(3,4)5;/h10,12-14,16,18,20H,9,11,15,17H2,2-7H3,(H,37,38,39);. The fraction of sp³-hybridized carbons (Fsp3) is 0.394. The number of thioether (sulfide) groups is 1. The number of methoxy groups -OCH3 is 1. The monoisotopic (exact) mass is 839 g/mol. The number of ether oxygens (including phenoxy) is 3. The van der Waals surface area contributed by atoms with Gasteiger partial charge in [0.05, 0.1) is 6.04 Å². The van der Waals surface area contributed by atoms with Gasteiger partial charge in [0, 0.05) is 6.04 Å². The molecule has 13 heteroatoms. The van der Waals surface area contributed by atoms with E-state index in [9.17, 15) is 4.79 Å². The van der Waals surface area contributed by atoms with Crippen molar-refractivity contribution in [1.29, 1.82) is 0 Å². The molecular formula is C33H34F2N5O4STl. The van der Waals surface area contributed by atoms with Crippen molar-refractivity contribution in [3.05, 3.63) is 47.7 Å². The first-order chi connectivity index (χ1) is 21.9. The van der Waals surface area contributed by atoms with Crippen molar-refractivity contribution in [2.45, 2.75) is 63.4 Å². The summed E-state index contributed by atoms with van der Waals surface area (Å²) >= 11 is 1.59. The number of anilines is 1. The molecule has 1 fully saturated rings. The first-order valence-electron chi connectivity index (χ1n) is 14.7. The third-order valence-electron chi connectivity index (χ3n) is 7.58. The number of nitrogens with one attached hydrogen (secondary N) is 1. The molecule has 4 aromatic rings. The normalized spacial score (nSPS) is 16.4. The Kier molecular flexibility index (Phi) is 10.5. The molecule has 1 amide bonds. The van der Waals surface area contributed by atoms with Crippen LogP contribution < -0.4 is 10.1 Å². The molecule has 0 radical (unpaired) electrons. The molecule has 0 spiro atoms. The van der Waals surface area contributed by atoms with E-state index >= 15 is 8.78 Å². The van der Waals surface area contributed by atoms with E-state index in [0.29, 0.717) is 70.8 Å². The van der Waals surface area contributed by atoms with E-state index in [0.717, 1.165) is 12.8 Å². The van der Waals surface area contributed by atoms with Crippen molar-refractivity contribution in [3.63, 3.8) is 0 Å². The molecule has 2 aromatic heterocycles. The van der Waals surface area contributed by atoms with Gasteiger partial charge in [0.1, 0.15) is 5.60 Å². The van der Waals surface area contributed by atoms with E-state index in [1.54, 1.807) is 29.4 Å².